The number of aryl methyl sites for hydroxylation is 1. The SMILES string of the molecule is c1cnn(CCCNCc2ccc3cnccc3c2)c1. The first-order chi connectivity index (χ1) is 9.92. The van der Waals surface area contributed by atoms with E-state index in [9.17, 15) is 0 Å². The molecule has 1 N–H and O–H groups in total. The second-order valence-electron chi connectivity index (χ2n) is 4.86. The number of rotatable bonds is 6. The van der Waals surface area contributed by atoms with Crippen molar-refractivity contribution in [2.24, 2.45) is 0 Å². The summed E-state index contributed by atoms with van der Waals surface area (Å²) in [5.74, 6) is 0. The molecule has 0 saturated carbocycles. The molecule has 0 radical (unpaired) electrons. The van der Waals surface area contributed by atoms with Gasteiger partial charge in [0.05, 0.1) is 0 Å². The molecular weight excluding hydrogens is 248 g/mol. The molecule has 3 rings (SSSR count). The third-order valence-electron chi connectivity index (χ3n) is 3.33. The number of pyridine rings is 1. The van der Waals surface area contributed by atoms with Gasteiger partial charge in [0.25, 0.3) is 0 Å². The second kappa shape index (κ2) is 6.30. The summed E-state index contributed by atoms with van der Waals surface area (Å²) in [7, 11) is 0. The molecule has 0 unspecified atom stereocenters. The quantitative estimate of drug-likeness (QED) is 0.697. The molecule has 0 aliphatic heterocycles. The molecule has 20 heavy (non-hydrogen) atoms. The number of nitrogens with zero attached hydrogens (tertiary/aromatic N) is 3. The number of aromatic nitrogens is 3. The fraction of sp³-hybridized carbons (Fsp3) is 0.250. The van der Waals surface area contributed by atoms with Gasteiger partial charge in [-0.15, -0.1) is 0 Å². The Bertz CT molecular complexity index is 661. The van der Waals surface area contributed by atoms with E-state index < -0.39 is 0 Å². The molecule has 0 spiro atoms. The van der Waals surface area contributed by atoms with E-state index in [-0.39, 0.29) is 0 Å². The monoisotopic (exact) mass is 266 g/mol. The van der Waals surface area contributed by atoms with E-state index in [1.165, 1.54) is 16.3 Å². The van der Waals surface area contributed by atoms with Gasteiger partial charge in [0.1, 0.15) is 0 Å². The molecular formula is C16H18N4. The lowest BCUT2D eigenvalue weighted by Gasteiger charge is -2.06. The van der Waals surface area contributed by atoms with E-state index in [4.69, 9.17) is 0 Å². The van der Waals surface area contributed by atoms with Crippen LogP contribution in [-0.2, 0) is 13.1 Å². The second-order valence-corrected chi connectivity index (χ2v) is 4.86. The normalized spacial score (nSPS) is 11.0. The van der Waals surface area contributed by atoms with Crippen molar-refractivity contribution in [1.29, 1.82) is 0 Å². The van der Waals surface area contributed by atoms with E-state index in [2.05, 4.69) is 39.7 Å². The Morgan fingerprint density at radius 3 is 3.00 bits per heavy atom. The van der Waals surface area contributed by atoms with Crippen molar-refractivity contribution in [1.82, 2.24) is 20.1 Å². The van der Waals surface area contributed by atoms with Gasteiger partial charge in [-0.1, -0.05) is 12.1 Å². The zero-order valence-corrected chi connectivity index (χ0v) is 11.4. The highest BCUT2D eigenvalue weighted by molar-refractivity contribution is 5.81. The maximum Gasteiger partial charge on any atom is 0.0489 e. The van der Waals surface area contributed by atoms with E-state index in [0.29, 0.717) is 0 Å². The molecule has 0 saturated heterocycles. The highest BCUT2D eigenvalue weighted by Crippen LogP contribution is 2.14. The Kier molecular flexibility index (Phi) is 4.04. The minimum absolute atomic E-state index is 0.900. The third kappa shape index (κ3) is 3.22. The number of benzene rings is 1. The van der Waals surface area contributed by atoms with Crippen LogP contribution in [0.2, 0.25) is 0 Å². The van der Waals surface area contributed by atoms with E-state index >= 15 is 0 Å². The van der Waals surface area contributed by atoms with Crippen LogP contribution in [0.5, 0.6) is 0 Å². The zero-order valence-electron chi connectivity index (χ0n) is 11.4. The van der Waals surface area contributed by atoms with Gasteiger partial charge < -0.3 is 5.32 Å². The molecule has 4 nitrogen and oxygen atoms in total. The van der Waals surface area contributed by atoms with Crippen LogP contribution in [0.15, 0.2) is 55.1 Å². The number of nitrogens with one attached hydrogen (secondary N) is 1. The lowest BCUT2D eigenvalue weighted by molar-refractivity contribution is 0.543. The minimum atomic E-state index is 0.900. The van der Waals surface area contributed by atoms with Crippen LogP contribution in [0.3, 0.4) is 0 Å². The van der Waals surface area contributed by atoms with Crippen LogP contribution in [0.1, 0.15) is 12.0 Å². The van der Waals surface area contributed by atoms with Crippen molar-refractivity contribution in [3.63, 3.8) is 0 Å². The van der Waals surface area contributed by atoms with Crippen molar-refractivity contribution in [3.8, 4) is 0 Å². The molecule has 2 heterocycles. The Labute approximate surface area is 118 Å². The predicted octanol–water partition coefficient (Wildman–Crippen LogP) is 2.61. The lowest BCUT2D eigenvalue weighted by Crippen LogP contribution is -2.16. The first kappa shape index (κ1) is 12.8. The van der Waals surface area contributed by atoms with E-state index in [1.54, 1.807) is 0 Å². The summed E-state index contributed by atoms with van der Waals surface area (Å²) in [5, 5.41) is 10.1. The molecule has 0 bridgehead atoms. The smallest absolute Gasteiger partial charge is 0.0489 e. The Hall–Kier alpha value is -2.20. The van der Waals surface area contributed by atoms with E-state index in [1.807, 2.05) is 35.5 Å². The molecule has 3 aromatic rings. The lowest BCUT2D eigenvalue weighted by atomic mass is 10.1. The molecule has 102 valence electrons. The summed E-state index contributed by atoms with van der Waals surface area (Å²) < 4.78 is 1.96. The first-order valence-corrected chi connectivity index (χ1v) is 6.93. The molecule has 0 aliphatic carbocycles. The summed E-state index contributed by atoms with van der Waals surface area (Å²) in [6.07, 6.45) is 8.63. The Morgan fingerprint density at radius 2 is 2.10 bits per heavy atom. The van der Waals surface area contributed by atoms with Gasteiger partial charge in [-0.05, 0) is 42.1 Å². The van der Waals surface area contributed by atoms with Gasteiger partial charge >= 0.3 is 0 Å². The van der Waals surface area contributed by atoms with Gasteiger partial charge in [-0.2, -0.15) is 5.10 Å². The fourth-order valence-electron chi connectivity index (χ4n) is 2.27. The summed E-state index contributed by atoms with van der Waals surface area (Å²) in [4.78, 5) is 4.13. The van der Waals surface area contributed by atoms with Crippen LogP contribution in [0.25, 0.3) is 10.8 Å². The average Bonchev–Trinajstić information content (AvgIpc) is 3.00. The van der Waals surface area contributed by atoms with Gasteiger partial charge in [-0.3, -0.25) is 9.67 Å². The largest absolute Gasteiger partial charge is 0.313 e. The predicted molar refractivity (Wildman–Crippen MR) is 80.3 cm³/mol. The van der Waals surface area contributed by atoms with E-state index in [0.717, 1.165) is 26.1 Å². The maximum atomic E-state index is 4.19. The van der Waals surface area contributed by atoms with Gasteiger partial charge in [-0.25, -0.2) is 0 Å². The molecule has 1 aromatic carbocycles. The number of fused-ring (bicyclic) bond motifs is 1. The fourth-order valence-corrected chi connectivity index (χ4v) is 2.27. The van der Waals surface area contributed by atoms with Crippen molar-refractivity contribution in [3.05, 3.63) is 60.7 Å². The summed E-state index contributed by atoms with van der Waals surface area (Å²) in [6.45, 7) is 2.86. The van der Waals surface area contributed by atoms with Crippen molar-refractivity contribution in [2.75, 3.05) is 6.54 Å². The first-order valence-electron chi connectivity index (χ1n) is 6.93. The minimum Gasteiger partial charge on any atom is -0.313 e. The van der Waals surface area contributed by atoms with Crippen LogP contribution >= 0.6 is 0 Å². The number of hydrogen-bond acceptors (Lipinski definition) is 3. The van der Waals surface area contributed by atoms with Crippen molar-refractivity contribution >= 4 is 10.8 Å². The number of hydrogen-bond donors (Lipinski definition) is 1. The van der Waals surface area contributed by atoms with Crippen molar-refractivity contribution < 1.29 is 0 Å². The Morgan fingerprint density at radius 1 is 1.10 bits per heavy atom. The Balaban J connectivity index is 1.47. The maximum absolute atomic E-state index is 4.19. The molecule has 2 aromatic heterocycles. The standard InChI is InChI=1S/C16H18N4/c1(9-20-10-2-7-19-20)6-17-12-14-3-4-16-13-18-8-5-15(16)11-14/h2-5,7-8,10-11,13,17H,1,6,9,12H2. The summed E-state index contributed by atoms with van der Waals surface area (Å²) >= 11 is 0. The molecule has 4 heteroatoms. The van der Waals surface area contributed by atoms with Gasteiger partial charge in [0.2, 0.25) is 0 Å². The average molecular weight is 266 g/mol. The highest BCUT2D eigenvalue weighted by atomic mass is 15.3. The topological polar surface area (TPSA) is 42.7 Å². The third-order valence-corrected chi connectivity index (χ3v) is 3.33. The van der Waals surface area contributed by atoms with Crippen LogP contribution in [0.4, 0.5) is 0 Å². The van der Waals surface area contributed by atoms with Gasteiger partial charge in [0, 0.05) is 43.3 Å². The van der Waals surface area contributed by atoms with Crippen LogP contribution < -0.4 is 5.32 Å². The molecule has 0 fully saturated rings. The van der Waals surface area contributed by atoms with Crippen LogP contribution in [-0.4, -0.2) is 21.3 Å². The molecule has 0 aliphatic rings. The van der Waals surface area contributed by atoms with Gasteiger partial charge in [0.15, 0.2) is 0 Å². The zero-order chi connectivity index (χ0) is 13.6. The molecule has 0 amide bonds. The van der Waals surface area contributed by atoms with Crippen molar-refractivity contribution in [2.45, 2.75) is 19.5 Å². The van der Waals surface area contributed by atoms with Crippen LogP contribution in [0, 0.1) is 0 Å². The summed E-state index contributed by atoms with van der Waals surface area (Å²) in [5.41, 5.74) is 1.31. The highest BCUT2D eigenvalue weighted by Gasteiger charge is 1.97. The molecule has 0 atom stereocenters. The summed E-state index contributed by atoms with van der Waals surface area (Å²) in [6, 6.07) is 10.5.